The van der Waals surface area contributed by atoms with Crippen molar-refractivity contribution in [3.05, 3.63) is 39.4 Å². The Hall–Kier alpha value is -2.85. The number of imide groups is 1. The van der Waals surface area contributed by atoms with Crippen LogP contribution in [0, 0.1) is 16.0 Å². The fourth-order valence-electron chi connectivity index (χ4n) is 4.22. The number of morpholine rings is 1. The molecule has 3 aliphatic rings. The van der Waals surface area contributed by atoms with E-state index in [1.807, 2.05) is 9.80 Å². The van der Waals surface area contributed by atoms with E-state index < -0.39 is 16.7 Å². The molecule has 4 rings (SSSR count). The van der Waals surface area contributed by atoms with E-state index in [0.717, 1.165) is 17.7 Å². The summed E-state index contributed by atoms with van der Waals surface area (Å²) in [6.45, 7) is 3.37. The van der Waals surface area contributed by atoms with Gasteiger partial charge in [-0.25, -0.2) is 0 Å². The van der Waals surface area contributed by atoms with Crippen molar-refractivity contribution in [3.63, 3.8) is 0 Å². The number of fused-ring (bicyclic) bond motifs is 1. The van der Waals surface area contributed by atoms with E-state index in [1.54, 1.807) is 0 Å². The highest BCUT2D eigenvalue weighted by Gasteiger charge is 2.42. The van der Waals surface area contributed by atoms with Crippen LogP contribution < -0.4 is 0 Å². The molecule has 2 saturated heterocycles. The SMILES string of the molecule is O=C([C@H]1CCCN(CN2C(=O)c3cccc([N+](=O)[O-])c3C2=O)C1)N1CCOCC1. The molecule has 10 heteroatoms. The normalized spacial score (nSPS) is 22.7. The van der Waals surface area contributed by atoms with Crippen LogP contribution in [-0.4, -0.2) is 83.4 Å². The second-order valence-corrected chi connectivity index (χ2v) is 7.49. The molecule has 0 aliphatic carbocycles. The van der Waals surface area contributed by atoms with E-state index in [2.05, 4.69) is 0 Å². The van der Waals surface area contributed by atoms with Gasteiger partial charge in [-0.3, -0.25) is 34.3 Å². The highest BCUT2D eigenvalue weighted by Crippen LogP contribution is 2.31. The zero-order valence-electron chi connectivity index (χ0n) is 15.9. The average Bonchev–Trinajstić information content (AvgIpc) is 2.99. The van der Waals surface area contributed by atoms with Crippen LogP contribution in [-0.2, 0) is 9.53 Å². The lowest BCUT2D eigenvalue weighted by atomic mass is 9.96. The number of nitrogens with zero attached hydrogens (tertiary/aromatic N) is 4. The molecule has 2 fully saturated rings. The molecule has 1 aromatic rings. The quantitative estimate of drug-likeness (QED) is 0.414. The second-order valence-electron chi connectivity index (χ2n) is 7.49. The Kier molecular flexibility index (Phi) is 5.29. The lowest BCUT2D eigenvalue weighted by Crippen LogP contribution is -2.51. The topological polar surface area (TPSA) is 113 Å². The molecule has 3 amide bonds. The number of nitro benzene ring substituents is 1. The lowest BCUT2D eigenvalue weighted by molar-refractivity contribution is -0.385. The number of carbonyl (C=O) groups is 3. The third-order valence-electron chi connectivity index (χ3n) is 5.69. The molecule has 0 bridgehead atoms. The minimum atomic E-state index is -0.654. The molecule has 3 heterocycles. The first-order valence-corrected chi connectivity index (χ1v) is 9.70. The van der Waals surface area contributed by atoms with Crippen LogP contribution in [0.4, 0.5) is 5.69 Å². The number of rotatable bonds is 4. The summed E-state index contributed by atoms with van der Waals surface area (Å²) in [5.41, 5.74) is -0.454. The van der Waals surface area contributed by atoms with E-state index in [4.69, 9.17) is 4.74 Å². The molecule has 154 valence electrons. The summed E-state index contributed by atoms with van der Waals surface area (Å²) in [6, 6.07) is 4.07. The first kappa shape index (κ1) is 19.5. The second kappa shape index (κ2) is 7.88. The van der Waals surface area contributed by atoms with Gasteiger partial charge in [0.1, 0.15) is 5.56 Å². The summed E-state index contributed by atoms with van der Waals surface area (Å²) < 4.78 is 5.29. The summed E-state index contributed by atoms with van der Waals surface area (Å²) in [7, 11) is 0. The van der Waals surface area contributed by atoms with Crippen molar-refractivity contribution in [2.45, 2.75) is 12.8 Å². The summed E-state index contributed by atoms with van der Waals surface area (Å²) in [5.74, 6) is -1.29. The van der Waals surface area contributed by atoms with E-state index in [9.17, 15) is 24.5 Å². The predicted octanol–water partition coefficient (Wildman–Crippen LogP) is 0.719. The minimum Gasteiger partial charge on any atom is -0.378 e. The maximum Gasteiger partial charge on any atom is 0.282 e. The van der Waals surface area contributed by atoms with Crippen LogP contribution in [0.5, 0.6) is 0 Å². The smallest absolute Gasteiger partial charge is 0.282 e. The monoisotopic (exact) mass is 402 g/mol. The van der Waals surface area contributed by atoms with Crippen molar-refractivity contribution in [3.8, 4) is 0 Å². The Morgan fingerprint density at radius 1 is 1.17 bits per heavy atom. The molecule has 0 radical (unpaired) electrons. The van der Waals surface area contributed by atoms with Gasteiger partial charge in [-0.1, -0.05) is 6.07 Å². The van der Waals surface area contributed by atoms with Crippen LogP contribution in [0.2, 0.25) is 0 Å². The van der Waals surface area contributed by atoms with Gasteiger partial charge >= 0.3 is 0 Å². The Morgan fingerprint density at radius 2 is 1.93 bits per heavy atom. The Balaban J connectivity index is 1.46. The number of likely N-dealkylation sites (tertiary alicyclic amines) is 1. The summed E-state index contributed by atoms with van der Waals surface area (Å²) >= 11 is 0. The summed E-state index contributed by atoms with van der Waals surface area (Å²) in [5, 5.41) is 11.2. The van der Waals surface area contributed by atoms with Crippen molar-refractivity contribution in [1.82, 2.24) is 14.7 Å². The lowest BCUT2D eigenvalue weighted by Gasteiger charge is -2.37. The molecule has 0 aromatic heterocycles. The molecule has 3 aliphatic heterocycles. The van der Waals surface area contributed by atoms with Gasteiger partial charge in [0, 0.05) is 25.7 Å². The largest absolute Gasteiger partial charge is 0.378 e. The van der Waals surface area contributed by atoms with E-state index in [1.165, 1.54) is 18.2 Å². The first-order valence-electron chi connectivity index (χ1n) is 9.70. The number of carbonyl (C=O) groups excluding carboxylic acids is 3. The van der Waals surface area contributed by atoms with Gasteiger partial charge in [-0.05, 0) is 25.5 Å². The van der Waals surface area contributed by atoms with Crippen LogP contribution >= 0.6 is 0 Å². The molecule has 0 saturated carbocycles. The number of ether oxygens (including phenoxy) is 1. The molecule has 29 heavy (non-hydrogen) atoms. The number of amides is 3. The molecule has 10 nitrogen and oxygen atoms in total. The van der Waals surface area contributed by atoms with Gasteiger partial charge in [0.2, 0.25) is 5.91 Å². The highest BCUT2D eigenvalue weighted by atomic mass is 16.6. The number of piperidine rings is 1. The Labute approximate surface area is 167 Å². The predicted molar refractivity (Wildman–Crippen MR) is 100 cm³/mol. The van der Waals surface area contributed by atoms with Crippen LogP contribution in [0.25, 0.3) is 0 Å². The molecule has 0 N–H and O–H groups in total. The Morgan fingerprint density at radius 3 is 2.66 bits per heavy atom. The standard InChI is InChI=1S/C19H22N4O6/c24-17(21-7-9-29-10-8-21)13-3-2-6-20(11-13)12-22-18(25)14-4-1-5-15(23(27)28)16(14)19(22)26/h1,4-5,13H,2-3,6-12H2/t13-/m0/s1. The van der Waals surface area contributed by atoms with Crippen LogP contribution in [0.15, 0.2) is 18.2 Å². The van der Waals surface area contributed by atoms with Crippen LogP contribution in [0.3, 0.4) is 0 Å². The zero-order valence-corrected chi connectivity index (χ0v) is 15.9. The van der Waals surface area contributed by atoms with Crippen molar-refractivity contribution < 1.29 is 24.0 Å². The van der Waals surface area contributed by atoms with Crippen molar-refractivity contribution in [2.24, 2.45) is 5.92 Å². The number of hydrogen-bond donors (Lipinski definition) is 0. The zero-order chi connectivity index (χ0) is 20.5. The third-order valence-corrected chi connectivity index (χ3v) is 5.69. The van der Waals surface area contributed by atoms with Crippen molar-refractivity contribution in [2.75, 3.05) is 46.1 Å². The maximum absolute atomic E-state index is 12.8. The van der Waals surface area contributed by atoms with Gasteiger partial charge in [-0.2, -0.15) is 0 Å². The van der Waals surface area contributed by atoms with Crippen LogP contribution in [0.1, 0.15) is 33.6 Å². The average molecular weight is 402 g/mol. The third kappa shape index (κ3) is 3.60. The Bertz CT molecular complexity index is 866. The number of benzene rings is 1. The van der Waals surface area contributed by atoms with E-state index >= 15 is 0 Å². The van der Waals surface area contributed by atoms with E-state index in [-0.39, 0.29) is 35.3 Å². The van der Waals surface area contributed by atoms with Crippen molar-refractivity contribution in [1.29, 1.82) is 0 Å². The van der Waals surface area contributed by atoms with Gasteiger partial charge in [0.25, 0.3) is 17.5 Å². The molecule has 1 aromatic carbocycles. The van der Waals surface area contributed by atoms with Gasteiger partial charge < -0.3 is 9.64 Å². The molecule has 0 unspecified atom stereocenters. The minimum absolute atomic E-state index is 0.0242. The summed E-state index contributed by atoms with van der Waals surface area (Å²) in [4.78, 5) is 53.6. The van der Waals surface area contributed by atoms with Gasteiger partial charge in [0.15, 0.2) is 0 Å². The summed E-state index contributed by atoms with van der Waals surface area (Å²) in [6.07, 6.45) is 1.55. The molecular formula is C19H22N4O6. The number of hydrogen-bond acceptors (Lipinski definition) is 7. The van der Waals surface area contributed by atoms with Gasteiger partial charge in [0.05, 0.1) is 36.3 Å². The fourth-order valence-corrected chi connectivity index (χ4v) is 4.22. The molecular weight excluding hydrogens is 380 g/mol. The molecule has 1 atom stereocenters. The molecule has 0 spiro atoms. The van der Waals surface area contributed by atoms with Crippen molar-refractivity contribution >= 4 is 23.4 Å². The first-order chi connectivity index (χ1) is 14.0. The maximum atomic E-state index is 12.8. The number of nitro groups is 1. The highest BCUT2D eigenvalue weighted by molar-refractivity contribution is 6.23. The van der Waals surface area contributed by atoms with Gasteiger partial charge in [-0.15, -0.1) is 0 Å². The van der Waals surface area contributed by atoms with E-state index in [0.29, 0.717) is 39.4 Å². The fraction of sp³-hybridized carbons (Fsp3) is 0.526.